The maximum absolute atomic E-state index is 13.1. The quantitative estimate of drug-likeness (QED) is 0.880. The van der Waals surface area contributed by atoms with E-state index < -0.39 is 0 Å². The summed E-state index contributed by atoms with van der Waals surface area (Å²) < 4.78 is 19.9. The van der Waals surface area contributed by atoms with Crippen molar-refractivity contribution in [3.63, 3.8) is 0 Å². The number of hydrogen-bond acceptors (Lipinski definition) is 4. The van der Waals surface area contributed by atoms with Gasteiger partial charge < -0.3 is 10.1 Å². The van der Waals surface area contributed by atoms with Crippen molar-refractivity contribution in [3.05, 3.63) is 39.3 Å². The molecular weight excluding hydrogens is 369 g/mol. The van der Waals surface area contributed by atoms with Crippen molar-refractivity contribution in [1.82, 2.24) is 9.97 Å². The van der Waals surface area contributed by atoms with Gasteiger partial charge >= 0.3 is 0 Å². The predicted molar refractivity (Wildman–Crippen MR) is 73.5 cm³/mol. The number of anilines is 1. The van der Waals surface area contributed by atoms with Crippen LogP contribution in [0.4, 0.5) is 10.2 Å². The van der Waals surface area contributed by atoms with Crippen LogP contribution >= 0.6 is 31.9 Å². The normalized spacial score (nSPS) is 10.2. The first kappa shape index (κ1) is 13.2. The lowest BCUT2D eigenvalue weighted by atomic mass is 10.3. The zero-order valence-corrected chi connectivity index (χ0v) is 12.4. The molecule has 0 saturated heterocycles. The highest BCUT2D eigenvalue weighted by atomic mass is 79.9. The Morgan fingerprint density at radius 3 is 2.78 bits per heavy atom. The SMILES string of the molecule is CNc1ncnc(Oc2cc(F)ccc2Br)c1Br. The fraction of sp³-hybridized carbons (Fsp3) is 0.0909. The van der Waals surface area contributed by atoms with Gasteiger partial charge in [0.15, 0.2) is 0 Å². The zero-order valence-electron chi connectivity index (χ0n) is 9.25. The second-order valence-electron chi connectivity index (χ2n) is 3.27. The molecule has 2 aromatic rings. The Hall–Kier alpha value is -1.21. The van der Waals surface area contributed by atoms with Crippen molar-refractivity contribution in [2.45, 2.75) is 0 Å². The Morgan fingerprint density at radius 2 is 2.06 bits per heavy atom. The van der Waals surface area contributed by atoms with Crippen molar-refractivity contribution < 1.29 is 9.13 Å². The van der Waals surface area contributed by atoms with Crippen LogP contribution in [0.3, 0.4) is 0 Å². The zero-order chi connectivity index (χ0) is 13.1. The monoisotopic (exact) mass is 375 g/mol. The molecule has 7 heteroatoms. The van der Waals surface area contributed by atoms with Crippen LogP contribution in [0.5, 0.6) is 11.6 Å². The molecule has 0 spiro atoms. The van der Waals surface area contributed by atoms with Crippen LogP contribution in [0.15, 0.2) is 33.5 Å². The van der Waals surface area contributed by atoms with Crippen LogP contribution in [-0.2, 0) is 0 Å². The molecule has 0 radical (unpaired) electrons. The van der Waals surface area contributed by atoms with Gasteiger partial charge in [-0.3, -0.25) is 0 Å². The topological polar surface area (TPSA) is 47.0 Å². The highest BCUT2D eigenvalue weighted by Gasteiger charge is 2.12. The van der Waals surface area contributed by atoms with Crippen molar-refractivity contribution in [2.75, 3.05) is 12.4 Å². The maximum atomic E-state index is 13.1. The number of rotatable bonds is 3. The third kappa shape index (κ3) is 2.78. The van der Waals surface area contributed by atoms with Gasteiger partial charge in [0.25, 0.3) is 0 Å². The summed E-state index contributed by atoms with van der Waals surface area (Å²) in [4.78, 5) is 7.99. The van der Waals surface area contributed by atoms with Crippen molar-refractivity contribution in [2.24, 2.45) is 0 Å². The summed E-state index contributed by atoms with van der Waals surface area (Å²) in [5.41, 5.74) is 0. The molecule has 0 aliphatic heterocycles. The van der Waals surface area contributed by atoms with E-state index in [2.05, 4.69) is 47.1 Å². The summed E-state index contributed by atoms with van der Waals surface area (Å²) in [6.07, 6.45) is 1.36. The average Bonchev–Trinajstić information content (AvgIpc) is 2.36. The largest absolute Gasteiger partial charge is 0.436 e. The molecular formula is C11H8Br2FN3O. The van der Waals surface area contributed by atoms with Crippen molar-refractivity contribution in [1.29, 1.82) is 0 Å². The Kier molecular flexibility index (Phi) is 4.13. The Morgan fingerprint density at radius 1 is 1.28 bits per heavy atom. The van der Waals surface area contributed by atoms with E-state index in [-0.39, 0.29) is 5.82 Å². The van der Waals surface area contributed by atoms with Crippen LogP contribution in [0.1, 0.15) is 0 Å². The molecule has 0 saturated carbocycles. The fourth-order valence-corrected chi connectivity index (χ4v) is 2.07. The molecule has 0 amide bonds. The third-order valence-electron chi connectivity index (χ3n) is 2.09. The van der Waals surface area contributed by atoms with Gasteiger partial charge in [0.2, 0.25) is 5.88 Å². The van der Waals surface area contributed by atoms with Gasteiger partial charge in [0, 0.05) is 13.1 Å². The fourth-order valence-electron chi connectivity index (χ4n) is 1.26. The van der Waals surface area contributed by atoms with E-state index in [0.29, 0.717) is 26.4 Å². The van der Waals surface area contributed by atoms with Gasteiger partial charge in [-0.25, -0.2) is 14.4 Å². The van der Waals surface area contributed by atoms with E-state index in [1.54, 1.807) is 13.1 Å². The molecule has 1 aromatic carbocycles. The molecule has 0 aliphatic carbocycles. The number of nitrogens with zero attached hydrogens (tertiary/aromatic N) is 2. The summed E-state index contributed by atoms with van der Waals surface area (Å²) in [7, 11) is 1.73. The van der Waals surface area contributed by atoms with Crippen LogP contribution in [-0.4, -0.2) is 17.0 Å². The predicted octanol–water partition coefficient (Wildman–Crippen LogP) is 3.97. The molecule has 1 heterocycles. The van der Waals surface area contributed by atoms with Gasteiger partial charge in [-0.2, -0.15) is 0 Å². The second-order valence-corrected chi connectivity index (χ2v) is 4.92. The summed E-state index contributed by atoms with van der Waals surface area (Å²) in [5, 5.41) is 2.88. The molecule has 4 nitrogen and oxygen atoms in total. The molecule has 1 N–H and O–H groups in total. The van der Waals surface area contributed by atoms with E-state index in [1.807, 2.05) is 0 Å². The molecule has 0 atom stereocenters. The van der Waals surface area contributed by atoms with E-state index in [9.17, 15) is 4.39 Å². The molecule has 0 unspecified atom stereocenters. The summed E-state index contributed by atoms with van der Waals surface area (Å²) in [6, 6.07) is 4.18. The van der Waals surface area contributed by atoms with Gasteiger partial charge in [0.1, 0.15) is 28.2 Å². The maximum Gasteiger partial charge on any atom is 0.238 e. The highest BCUT2D eigenvalue weighted by Crippen LogP contribution is 2.35. The highest BCUT2D eigenvalue weighted by molar-refractivity contribution is 9.11. The van der Waals surface area contributed by atoms with E-state index in [0.717, 1.165) is 0 Å². The standard InChI is InChI=1S/C11H8Br2FN3O/c1-15-10-9(13)11(17-5-16-10)18-8-4-6(14)2-3-7(8)12/h2-5H,1H3,(H,15,16,17). The van der Waals surface area contributed by atoms with Gasteiger partial charge in [-0.1, -0.05) is 0 Å². The van der Waals surface area contributed by atoms with Gasteiger partial charge in [-0.05, 0) is 44.0 Å². The third-order valence-corrected chi connectivity index (χ3v) is 3.46. The number of hydrogen-bond donors (Lipinski definition) is 1. The lowest BCUT2D eigenvalue weighted by Gasteiger charge is -2.10. The number of benzene rings is 1. The lowest BCUT2D eigenvalue weighted by molar-refractivity contribution is 0.451. The first-order valence-corrected chi connectivity index (χ1v) is 6.51. The summed E-state index contributed by atoms with van der Waals surface area (Å²) in [5.74, 6) is 0.858. The van der Waals surface area contributed by atoms with Crippen LogP contribution in [0, 0.1) is 5.82 Å². The summed E-state index contributed by atoms with van der Waals surface area (Å²) >= 11 is 6.60. The molecule has 2 rings (SSSR count). The van der Waals surface area contributed by atoms with Crippen molar-refractivity contribution in [3.8, 4) is 11.6 Å². The van der Waals surface area contributed by atoms with Gasteiger partial charge in [-0.15, -0.1) is 0 Å². The average molecular weight is 377 g/mol. The minimum atomic E-state index is -0.382. The molecule has 0 fully saturated rings. The lowest BCUT2D eigenvalue weighted by Crippen LogP contribution is -1.98. The summed E-state index contributed by atoms with van der Waals surface area (Å²) in [6.45, 7) is 0. The number of ether oxygens (including phenoxy) is 1. The molecule has 0 aliphatic rings. The smallest absolute Gasteiger partial charge is 0.238 e. The number of halogens is 3. The Balaban J connectivity index is 2.37. The van der Waals surface area contributed by atoms with Gasteiger partial charge in [0.05, 0.1) is 4.47 Å². The van der Waals surface area contributed by atoms with Crippen LogP contribution in [0.2, 0.25) is 0 Å². The molecule has 94 valence electrons. The minimum absolute atomic E-state index is 0.306. The Labute approximate surface area is 120 Å². The first-order chi connectivity index (χ1) is 8.61. The van der Waals surface area contributed by atoms with Crippen molar-refractivity contribution >= 4 is 37.7 Å². The Bertz CT molecular complexity index is 580. The van der Waals surface area contributed by atoms with Crippen LogP contribution in [0.25, 0.3) is 0 Å². The second kappa shape index (κ2) is 5.62. The minimum Gasteiger partial charge on any atom is -0.436 e. The van der Waals surface area contributed by atoms with Crippen LogP contribution < -0.4 is 10.1 Å². The number of nitrogens with one attached hydrogen (secondary N) is 1. The first-order valence-electron chi connectivity index (χ1n) is 4.93. The van der Waals surface area contributed by atoms with E-state index >= 15 is 0 Å². The molecule has 18 heavy (non-hydrogen) atoms. The van der Waals surface area contributed by atoms with E-state index in [4.69, 9.17) is 4.74 Å². The molecule has 0 bridgehead atoms. The number of aromatic nitrogens is 2. The molecule has 1 aromatic heterocycles. The van der Waals surface area contributed by atoms with E-state index in [1.165, 1.54) is 18.5 Å².